The van der Waals surface area contributed by atoms with Gasteiger partial charge in [-0.15, -0.1) is 12.6 Å². The fourth-order valence-corrected chi connectivity index (χ4v) is 1.07. The Hall–Kier alpha value is -1.02. The number of hydrogen-bond donors (Lipinski definition) is 2. The van der Waals surface area contributed by atoms with Crippen LogP contribution < -0.4 is 10.1 Å². The highest BCUT2D eigenvalue weighted by Gasteiger charge is 2.28. The molecule has 1 N–H and O–H groups in total. The first-order valence-corrected chi connectivity index (χ1v) is 4.88. The second kappa shape index (κ2) is 5.35. The monoisotopic (exact) mass is 268 g/mol. The predicted molar refractivity (Wildman–Crippen MR) is 61.0 cm³/mol. The molecule has 0 radical (unpaired) electrons. The molecule has 1 heterocycles. The van der Waals surface area contributed by atoms with Crippen LogP contribution in [0.2, 0.25) is 0 Å². The number of pyridine rings is 1. The summed E-state index contributed by atoms with van der Waals surface area (Å²) < 4.78 is 40.1. The van der Waals surface area contributed by atoms with E-state index in [0.717, 1.165) is 0 Å². The van der Waals surface area contributed by atoms with Crippen molar-refractivity contribution >= 4 is 34.9 Å². The summed E-state index contributed by atoms with van der Waals surface area (Å²) in [7, 11) is 0. The van der Waals surface area contributed by atoms with Crippen molar-refractivity contribution in [2.75, 3.05) is 11.9 Å². The van der Waals surface area contributed by atoms with E-state index in [1.165, 1.54) is 18.3 Å². The molecule has 0 aliphatic carbocycles. The molecule has 0 amide bonds. The first-order chi connectivity index (χ1) is 7.37. The molecule has 0 saturated carbocycles. The Kier molecular flexibility index (Phi) is 4.36. The zero-order valence-corrected chi connectivity index (χ0v) is 9.49. The third-order valence-electron chi connectivity index (χ3n) is 1.37. The minimum atomic E-state index is -4.37. The molecule has 0 bridgehead atoms. The van der Waals surface area contributed by atoms with E-state index < -0.39 is 12.8 Å². The summed E-state index contributed by atoms with van der Waals surface area (Å²) in [5, 5.41) is 2.66. The fourth-order valence-electron chi connectivity index (χ4n) is 0.819. The molecule has 0 aliphatic rings. The van der Waals surface area contributed by atoms with Gasteiger partial charge >= 0.3 is 6.18 Å². The van der Waals surface area contributed by atoms with Crippen LogP contribution in [0.1, 0.15) is 0 Å². The fraction of sp³-hybridized carbons (Fsp3) is 0.250. The molecular formula is C8H7F3N2OS2. The summed E-state index contributed by atoms with van der Waals surface area (Å²) >= 11 is 8.48. The Labute approximate surface area is 100 Å². The van der Waals surface area contributed by atoms with Crippen LogP contribution in [-0.2, 0) is 0 Å². The maximum Gasteiger partial charge on any atom is 0.422 e. The molecule has 88 valence electrons. The van der Waals surface area contributed by atoms with Crippen molar-refractivity contribution in [3.05, 3.63) is 18.3 Å². The first kappa shape index (κ1) is 13.0. The van der Waals surface area contributed by atoms with Crippen molar-refractivity contribution in [2.45, 2.75) is 6.18 Å². The number of nitrogens with zero attached hydrogens (tertiary/aromatic N) is 1. The van der Waals surface area contributed by atoms with E-state index in [9.17, 15) is 13.2 Å². The van der Waals surface area contributed by atoms with Crippen LogP contribution >= 0.6 is 24.8 Å². The third kappa shape index (κ3) is 5.17. The first-order valence-electron chi connectivity index (χ1n) is 4.02. The van der Waals surface area contributed by atoms with E-state index >= 15 is 0 Å². The maximum absolute atomic E-state index is 11.8. The number of halogens is 3. The van der Waals surface area contributed by atoms with Crippen molar-refractivity contribution in [1.29, 1.82) is 0 Å². The number of aromatic nitrogens is 1. The number of ether oxygens (including phenoxy) is 1. The molecule has 0 spiro atoms. The van der Waals surface area contributed by atoms with Crippen LogP contribution in [-0.4, -0.2) is 22.1 Å². The summed E-state index contributed by atoms with van der Waals surface area (Å²) in [5.74, 6) is -0.104. The smallest absolute Gasteiger partial charge is 0.422 e. The molecule has 0 aliphatic heterocycles. The Morgan fingerprint density at radius 2 is 2.19 bits per heavy atom. The van der Waals surface area contributed by atoms with Gasteiger partial charge in [0.15, 0.2) is 6.61 Å². The number of alkyl halides is 3. The van der Waals surface area contributed by atoms with Crippen LogP contribution in [0.25, 0.3) is 0 Å². The normalized spacial score (nSPS) is 11.0. The number of thiocarbonyl (C=S) groups is 1. The molecule has 3 nitrogen and oxygen atoms in total. The van der Waals surface area contributed by atoms with Crippen molar-refractivity contribution in [2.24, 2.45) is 0 Å². The minimum Gasteiger partial charge on any atom is -0.468 e. The number of nitrogens with one attached hydrogen (secondary N) is 1. The Morgan fingerprint density at radius 3 is 2.62 bits per heavy atom. The van der Waals surface area contributed by atoms with Gasteiger partial charge in [-0.05, 0) is 6.07 Å². The summed E-state index contributed by atoms with van der Waals surface area (Å²) in [4.78, 5) is 3.66. The average molecular weight is 268 g/mol. The quantitative estimate of drug-likeness (QED) is 0.652. The number of hydrogen-bond acceptors (Lipinski definition) is 3. The molecule has 0 fully saturated rings. The topological polar surface area (TPSA) is 34.1 Å². The van der Waals surface area contributed by atoms with Crippen LogP contribution in [0.4, 0.5) is 18.9 Å². The molecule has 0 saturated heterocycles. The summed E-state index contributed by atoms with van der Waals surface area (Å²) in [6.07, 6.45) is -3.07. The SMILES string of the molecule is FC(F)(F)COc1ccc(NC(=S)S)cn1. The predicted octanol–water partition coefficient (Wildman–Crippen LogP) is 2.65. The number of anilines is 1. The van der Waals surface area contributed by atoms with Gasteiger partial charge in [-0.25, -0.2) is 4.98 Å². The Bertz CT molecular complexity index is 367. The van der Waals surface area contributed by atoms with Crippen LogP contribution in [0, 0.1) is 0 Å². The van der Waals surface area contributed by atoms with Gasteiger partial charge in [0.05, 0.1) is 11.9 Å². The van der Waals surface area contributed by atoms with Crippen molar-refractivity contribution < 1.29 is 17.9 Å². The highest BCUT2D eigenvalue weighted by atomic mass is 32.1. The van der Waals surface area contributed by atoms with Crippen molar-refractivity contribution in [1.82, 2.24) is 4.98 Å². The lowest BCUT2D eigenvalue weighted by Gasteiger charge is -2.08. The third-order valence-corrected chi connectivity index (χ3v) is 1.59. The second-order valence-electron chi connectivity index (χ2n) is 2.72. The molecule has 0 aromatic carbocycles. The van der Waals surface area contributed by atoms with E-state index in [0.29, 0.717) is 5.69 Å². The maximum atomic E-state index is 11.8. The van der Waals surface area contributed by atoms with Gasteiger partial charge < -0.3 is 10.1 Å². The molecule has 1 aromatic rings. The highest BCUT2D eigenvalue weighted by Crippen LogP contribution is 2.18. The van der Waals surface area contributed by atoms with Gasteiger partial charge in [0.2, 0.25) is 5.88 Å². The van der Waals surface area contributed by atoms with E-state index in [1.807, 2.05) is 0 Å². The highest BCUT2D eigenvalue weighted by molar-refractivity contribution is 8.11. The Morgan fingerprint density at radius 1 is 1.50 bits per heavy atom. The molecule has 8 heteroatoms. The second-order valence-corrected chi connectivity index (χ2v) is 3.88. The summed E-state index contributed by atoms with van der Waals surface area (Å²) in [5.41, 5.74) is 0.527. The van der Waals surface area contributed by atoms with E-state index in [1.54, 1.807) is 0 Å². The average Bonchev–Trinajstić information content (AvgIpc) is 2.14. The minimum absolute atomic E-state index is 0.104. The zero-order chi connectivity index (χ0) is 12.2. The Balaban J connectivity index is 2.55. The van der Waals surface area contributed by atoms with Gasteiger partial charge in [-0.3, -0.25) is 0 Å². The molecule has 0 unspecified atom stereocenters. The van der Waals surface area contributed by atoms with Crippen LogP contribution in [0.15, 0.2) is 18.3 Å². The van der Waals surface area contributed by atoms with Gasteiger partial charge in [-0.2, -0.15) is 13.2 Å². The number of thiol groups is 1. The van der Waals surface area contributed by atoms with Gasteiger partial charge in [0.1, 0.15) is 4.32 Å². The molecule has 1 aromatic heterocycles. The summed E-state index contributed by atoms with van der Waals surface area (Å²) in [6, 6.07) is 2.79. The molecular weight excluding hydrogens is 261 g/mol. The lowest BCUT2D eigenvalue weighted by Crippen LogP contribution is -2.19. The van der Waals surface area contributed by atoms with Crippen molar-refractivity contribution in [3.63, 3.8) is 0 Å². The lowest BCUT2D eigenvalue weighted by atomic mass is 10.4. The van der Waals surface area contributed by atoms with Gasteiger partial charge in [0, 0.05) is 6.07 Å². The van der Waals surface area contributed by atoms with E-state index in [-0.39, 0.29) is 10.2 Å². The molecule has 1 rings (SSSR count). The summed E-state index contributed by atoms with van der Waals surface area (Å²) in [6.45, 7) is -1.36. The molecule has 0 atom stereocenters. The lowest BCUT2D eigenvalue weighted by molar-refractivity contribution is -0.154. The van der Waals surface area contributed by atoms with Crippen molar-refractivity contribution in [3.8, 4) is 5.88 Å². The standard InChI is InChI=1S/C8H7F3N2OS2/c9-8(10,11)4-14-6-2-1-5(3-12-6)13-7(15)16/h1-3H,4H2,(H2,13,15,16). The zero-order valence-electron chi connectivity index (χ0n) is 7.78. The van der Waals surface area contributed by atoms with Crippen LogP contribution in [0.3, 0.4) is 0 Å². The van der Waals surface area contributed by atoms with Crippen LogP contribution in [0.5, 0.6) is 5.88 Å². The van der Waals surface area contributed by atoms with E-state index in [4.69, 9.17) is 0 Å². The van der Waals surface area contributed by atoms with Gasteiger partial charge in [-0.1, -0.05) is 12.2 Å². The van der Waals surface area contributed by atoms with Gasteiger partial charge in [0.25, 0.3) is 0 Å². The van der Waals surface area contributed by atoms with E-state index in [2.05, 4.69) is 39.9 Å². The number of rotatable bonds is 3. The largest absolute Gasteiger partial charge is 0.468 e. The molecule has 16 heavy (non-hydrogen) atoms.